The van der Waals surface area contributed by atoms with Crippen LogP contribution in [0.25, 0.3) is 0 Å². The number of hydrogen-bond acceptors (Lipinski definition) is 3. The molecule has 0 atom stereocenters. The number of aromatic nitrogens is 1. The summed E-state index contributed by atoms with van der Waals surface area (Å²) in [6, 6.07) is 11.2. The smallest absolute Gasteiger partial charge is 0.271 e. The van der Waals surface area contributed by atoms with Gasteiger partial charge in [-0.15, -0.1) is 6.58 Å². The van der Waals surface area contributed by atoms with Crippen LogP contribution in [0.2, 0.25) is 0 Å². The van der Waals surface area contributed by atoms with Crippen LogP contribution in [0.5, 0.6) is 5.75 Å². The third-order valence-corrected chi connectivity index (χ3v) is 3.54. The third-order valence-electron chi connectivity index (χ3n) is 3.54. The van der Waals surface area contributed by atoms with Gasteiger partial charge in [-0.1, -0.05) is 24.3 Å². The van der Waals surface area contributed by atoms with E-state index in [-0.39, 0.29) is 5.91 Å². The highest BCUT2D eigenvalue weighted by atomic mass is 16.5. The van der Waals surface area contributed by atoms with Gasteiger partial charge in [-0.05, 0) is 12.1 Å². The van der Waals surface area contributed by atoms with E-state index < -0.39 is 0 Å². The zero-order valence-electron chi connectivity index (χ0n) is 13.3. The van der Waals surface area contributed by atoms with Crippen LogP contribution >= 0.6 is 0 Å². The van der Waals surface area contributed by atoms with Crippen LogP contribution in [0, 0.1) is 11.3 Å². The molecule has 118 valence electrons. The van der Waals surface area contributed by atoms with Gasteiger partial charge in [0.2, 0.25) is 0 Å². The SMILES string of the molecule is C=CCN(Cc1ccccc1OC)C(=O)c1cc(C#N)cn1C. The maximum Gasteiger partial charge on any atom is 0.271 e. The molecule has 0 saturated carbocycles. The van der Waals surface area contributed by atoms with Gasteiger partial charge in [0.15, 0.2) is 0 Å². The monoisotopic (exact) mass is 309 g/mol. The van der Waals surface area contributed by atoms with E-state index in [2.05, 4.69) is 12.6 Å². The lowest BCUT2D eigenvalue weighted by Gasteiger charge is -2.22. The number of ether oxygens (including phenoxy) is 1. The number of nitriles is 1. The molecule has 2 rings (SSSR count). The van der Waals surface area contributed by atoms with Crippen LogP contribution < -0.4 is 4.74 Å². The number of hydrogen-bond donors (Lipinski definition) is 0. The molecule has 23 heavy (non-hydrogen) atoms. The summed E-state index contributed by atoms with van der Waals surface area (Å²) in [5, 5.41) is 8.98. The van der Waals surface area contributed by atoms with Crippen LogP contribution in [0.15, 0.2) is 49.2 Å². The second-order valence-electron chi connectivity index (χ2n) is 5.12. The molecule has 0 N–H and O–H groups in total. The van der Waals surface area contributed by atoms with E-state index >= 15 is 0 Å². The Balaban J connectivity index is 2.30. The normalized spacial score (nSPS) is 9.96. The maximum absolute atomic E-state index is 12.8. The van der Waals surface area contributed by atoms with Gasteiger partial charge in [-0.25, -0.2) is 0 Å². The number of amides is 1. The average Bonchev–Trinajstić information content (AvgIpc) is 2.95. The minimum atomic E-state index is -0.153. The standard InChI is InChI=1S/C18H19N3O2/c1-4-9-21(13-15-7-5-6-8-17(15)23-3)18(22)16-10-14(11-19)12-20(16)2/h4-8,10,12H,1,9,13H2,2-3H3. The van der Waals surface area contributed by atoms with Crippen LogP contribution in [0.3, 0.4) is 0 Å². The first-order valence-electron chi connectivity index (χ1n) is 7.19. The van der Waals surface area contributed by atoms with Gasteiger partial charge in [0.1, 0.15) is 17.5 Å². The molecule has 0 aliphatic heterocycles. The van der Waals surface area contributed by atoms with Gasteiger partial charge in [0.05, 0.1) is 19.2 Å². The fourth-order valence-electron chi connectivity index (χ4n) is 2.41. The molecule has 0 aliphatic carbocycles. The molecule has 1 aromatic heterocycles. The van der Waals surface area contributed by atoms with Crippen molar-refractivity contribution in [2.75, 3.05) is 13.7 Å². The average molecular weight is 309 g/mol. The summed E-state index contributed by atoms with van der Waals surface area (Å²) in [5.74, 6) is 0.582. The number of benzene rings is 1. The Labute approximate surface area is 136 Å². The third kappa shape index (κ3) is 3.61. The molecule has 1 heterocycles. The fourth-order valence-corrected chi connectivity index (χ4v) is 2.41. The van der Waals surface area contributed by atoms with E-state index in [1.54, 1.807) is 42.0 Å². The molecular formula is C18H19N3O2. The van der Waals surface area contributed by atoms with Crippen molar-refractivity contribution in [2.24, 2.45) is 7.05 Å². The number of para-hydroxylation sites is 1. The topological polar surface area (TPSA) is 58.3 Å². The van der Waals surface area contributed by atoms with Crippen LogP contribution in [-0.2, 0) is 13.6 Å². The van der Waals surface area contributed by atoms with Crippen LogP contribution in [0.1, 0.15) is 21.6 Å². The van der Waals surface area contributed by atoms with Gasteiger partial charge in [-0.3, -0.25) is 4.79 Å². The predicted molar refractivity (Wildman–Crippen MR) is 88.1 cm³/mol. The van der Waals surface area contributed by atoms with Crippen molar-refractivity contribution in [1.29, 1.82) is 5.26 Å². The lowest BCUT2D eigenvalue weighted by atomic mass is 10.1. The zero-order chi connectivity index (χ0) is 16.8. The quantitative estimate of drug-likeness (QED) is 0.771. The summed E-state index contributed by atoms with van der Waals surface area (Å²) < 4.78 is 7.01. The lowest BCUT2D eigenvalue weighted by Crippen LogP contribution is -2.32. The van der Waals surface area contributed by atoms with Crippen molar-refractivity contribution >= 4 is 5.91 Å². The van der Waals surface area contributed by atoms with Crippen LogP contribution in [-0.4, -0.2) is 29.0 Å². The van der Waals surface area contributed by atoms with Crippen molar-refractivity contribution < 1.29 is 9.53 Å². The van der Waals surface area contributed by atoms with Crippen molar-refractivity contribution in [1.82, 2.24) is 9.47 Å². The van der Waals surface area contributed by atoms with E-state index in [0.717, 1.165) is 11.3 Å². The minimum Gasteiger partial charge on any atom is -0.496 e. The first kappa shape index (κ1) is 16.4. The Kier molecular flexibility index (Phi) is 5.21. The zero-order valence-corrected chi connectivity index (χ0v) is 13.3. The molecule has 0 bridgehead atoms. The molecule has 0 unspecified atom stereocenters. The van der Waals surface area contributed by atoms with E-state index in [9.17, 15) is 4.79 Å². The number of carbonyl (C=O) groups is 1. The molecule has 1 amide bonds. The van der Waals surface area contributed by atoms with E-state index in [1.165, 1.54) is 0 Å². The van der Waals surface area contributed by atoms with Crippen LogP contribution in [0.4, 0.5) is 0 Å². The van der Waals surface area contributed by atoms with Crippen molar-refractivity contribution in [3.63, 3.8) is 0 Å². The summed E-state index contributed by atoms with van der Waals surface area (Å²) in [5.41, 5.74) is 1.85. The summed E-state index contributed by atoms with van der Waals surface area (Å²) in [6.45, 7) is 4.53. The molecule has 0 spiro atoms. The Morgan fingerprint density at radius 1 is 1.48 bits per heavy atom. The van der Waals surface area contributed by atoms with Gasteiger partial charge in [0.25, 0.3) is 5.91 Å². The summed E-state index contributed by atoms with van der Waals surface area (Å²) in [6.07, 6.45) is 3.32. The highest BCUT2D eigenvalue weighted by molar-refractivity contribution is 5.93. The number of methoxy groups -OCH3 is 1. The van der Waals surface area contributed by atoms with Gasteiger partial charge in [-0.2, -0.15) is 5.26 Å². The minimum absolute atomic E-state index is 0.153. The molecule has 5 heteroatoms. The number of rotatable bonds is 6. The molecule has 0 saturated heterocycles. The molecule has 5 nitrogen and oxygen atoms in total. The summed E-state index contributed by atoms with van der Waals surface area (Å²) >= 11 is 0. The van der Waals surface area contributed by atoms with E-state index in [0.29, 0.717) is 24.3 Å². The van der Waals surface area contributed by atoms with Gasteiger partial charge in [0, 0.05) is 25.4 Å². The Morgan fingerprint density at radius 2 is 2.22 bits per heavy atom. The first-order chi connectivity index (χ1) is 11.1. The highest BCUT2D eigenvalue weighted by Gasteiger charge is 2.20. The summed E-state index contributed by atoms with van der Waals surface area (Å²) in [7, 11) is 3.36. The number of aryl methyl sites for hydroxylation is 1. The highest BCUT2D eigenvalue weighted by Crippen LogP contribution is 2.20. The Morgan fingerprint density at radius 3 is 2.83 bits per heavy atom. The second-order valence-corrected chi connectivity index (χ2v) is 5.12. The largest absolute Gasteiger partial charge is 0.496 e. The van der Waals surface area contributed by atoms with Crippen molar-refractivity contribution in [3.8, 4) is 11.8 Å². The molecule has 0 aliphatic rings. The Bertz CT molecular complexity index is 756. The van der Waals surface area contributed by atoms with Gasteiger partial charge < -0.3 is 14.2 Å². The first-order valence-corrected chi connectivity index (χ1v) is 7.19. The Hall–Kier alpha value is -3.00. The van der Waals surface area contributed by atoms with Gasteiger partial charge >= 0.3 is 0 Å². The fraction of sp³-hybridized carbons (Fsp3) is 0.222. The lowest BCUT2D eigenvalue weighted by molar-refractivity contribution is 0.0752. The maximum atomic E-state index is 12.8. The summed E-state index contributed by atoms with van der Waals surface area (Å²) in [4.78, 5) is 14.5. The number of carbonyl (C=O) groups excluding carboxylic acids is 1. The number of nitrogens with zero attached hydrogens (tertiary/aromatic N) is 3. The second kappa shape index (κ2) is 7.32. The predicted octanol–water partition coefficient (Wildman–Crippen LogP) is 2.73. The molecular weight excluding hydrogens is 290 g/mol. The molecule has 2 aromatic rings. The molecule has 0 radical (unpaired) electrons. The van der Waals surface area contributed by atoms with Crippen molar-refractivity contribution in [2.45, 2.75) is 6.54 Å². The molecule has 0 fully saturated rings. The molecule has 1 aromatic carbocycles. The van der Waals surface area contributed by atoms with E-state index in [4.69, 9.17) is 10.00 Å². The van der Waals surface area contributed by atoms with Crippen molar-refractivity contribution in [3.05, 3.63) is 66.0 Å². The van der Waals surface area contributed by atoms with E-state index in [1.807, 2.05) is 24.3 Å².